The Hall–Kier alpha value is -2.08. The van der Waals surface area contributed by atoms with Crippen LogP contribution in [0.25, 0.3) is 20.8 Å². The van der Waals surface area contributed by atoms with Crippen molar-refractivity contribution < 1.29 is 14.3 Å². The van der Waals surface area contributed by atoms with Crippen LogP contribution in [0.5, 0.6) is 0 Å². The third-order valence-electron chi connectivity index (χ3n) is 5.82. The van der Waals surface area contributed by atoms with Crippen LogP contribution in [0.15, 0.2) is 18.2 Å². The fraction of sp³-hybridized carbons (Fsp3) is 0.478. The monoisotopic (exact) mass is 487 g/mol. The van der Waals surface area contributed by atoms with Gasteiger partial charge in [-0.15, -0.1) is 22.7 Å². The second kappa shape index (κ2) is 10.5. The van der Waals surface area contributed by atoms with E-state index in [1.807, 2.05) is 0 Å². The number of methoxy groups -OCH3 is 1. The molecule has 0 radical (unpaired) electrons. The molecule has 0 saturated carbocycles. The fourth-order valence-electron chi connectivity index (χ4n) is 4.05. The first-order valence-electron chi connectivity index (χ1n) is 11.3. The van der Waals surface area contributed by atoms with Gasteiger partial charge in [0.1, 0.15) is 15.5 Å². The van der Waals surface area contributed by atoms with Gasteiger partial charge >= 0.3 is 0 Å². The Kier molecular flexibility index (Phi) is 7.19. The summed E-state index contributed by atoms with van der Waals surface area (Å²) in [5.41, 5.74) is 4.43. The largest absolute Gasteiger partial charge is 0.383 e. The van der Waals surface area contributed by atoms with E-state index in [9.17, 15) is 4.79 Å². The van der Waals surface area contributed by atoms with Gasteiger partial charge in [0.05, 0.1) is 36.2 Å². The molecule has 10 heteroatoms. The highest BCUT2D eigenvalue weighted by Gasteiger charge is 2.26. The van der Waals surface area contributed by atoms with E-state index in [1.165, 1.54) is 10.4 Å². The lowest BCUT2D eigenvalue weighted by molar-refractivity contribution is -0.116. The summed E-state index contributed by atoms with van der Waals surface area (Å²) in [5.74, 6) is 0.0150. The number of benzene rings is 1. The summed E-state index contributed by atoms with van der Waals surface area (Å²) >= 11 is 3.36. The number of carbonyl (C=O) groups excluding carboxylic acids is 1. The van der Waals surface area contributed by atoms with Crippen LogP contribution in [0.4, 0.5) is 10.7 Å². The first-order valence-corrected chi connectivity index (χ1v) is 12.9. The summed E-state index contributed by atoms with van der Waals surface area (Å²) in [7, 11) is 1.67. The third kappa shape index (κ3) is 5.06. The van der Waals surface area contributed by atoms with Crippen LogP contribution < -0.4 is 21.3 Å². The van der Waals surface area contributed by atoms with Crippen molar-refractivity contribution in [3.8, 4) is 10.6 Å². The maximum atomic E-state index is 12.7. The molecule has 1 aromatic carbocycles. The van der Waals surface area contributed by atoms with Crippen LogP contribution in [0.2, 0.25) is 0 Å². The maximum Gasteiger partial charge on any atom is 0.226 e. The molecule has 0 unspecified atom stereocenters. The van der Waals surface area contributed by atoms with Gasteiger partial charge in [0.15, 0.2) is 0 Å². The average Bonchev–Trinajstić information content (AvgIpc) is 3.37. The van der Waals surface area contributed by atoms with Crippen molar-refractivity contribution in [2.45, 2.75) is 25.4 Å². The predicted octanol–water partition coefficient (Wildman–Crippen LogP) is 3.05. The topological polar surface area (TPSA) is 96.5 Å². The average molecular weight is 488 g/mol. The molecule has 0 spiro atoms. The normalized spacial score (nSPS) is 15.9. The smallest absolute Gasteiger partial charge is 0.226 e. The van der Waals surface area contributed by atoms with Gasteiger partial charge in [0, 0.05) is 43.6 Å². The van der Waals surface area contributed by atoms with E-state index in [1.54, 1.807) is 29.8 Å². The number of nitrogens with one attached hydrogen (secondary N) is 4. The molecule has 3 aromatic rings. The van der Waals surface area contributed by atoms with Gasteiger partial charge in [-0.1, -0.05) is 6.07 Å². The van der Waals surface area contributed by atoms with Crippen molar-refractivity contribution in [1.29, 1.82) is 0 Å². The first kappa shape index (κ1) is 22.7. The van der Waals surface area contributed by atoms with E-state index in [0.29, 0.717) is 25.6 Å². The van der Waals surface area contributed by atoms with Crippen molar-refractivity contribution in [3.63, 3.8) is 0 Å². The summed E-state index contributed by atoms with van der Waals surface area (Å²) in [6.07, 6.45) is 1.36. The van der Waals surface area contributed by atoms with Crippen molar-refractivity contribution in [1.82, 2.24) is 15.6 Å². The number of anilines is 2. The van der Waals surface area contributed by atoms with Gasteiger partial charge in [-0.2, -0.15) is 0 Å². The highest BCUT2D eigenvalue weighted by Crippen LogP contribution is 2.45. The predicted molar refractivity (Wildman–Crippen MR) is 135 cm³/mol. The zero-order chi connectivity index (χ0) is 22.6. The second-order valence-electron chi connectivity index (χ2n) is 8.23. The standard InChI is InChI=1S/C23H29N5O3S2/c1-30-10-9-24-8-6-19(29)27-22-20(15-5-7-25-11-18(15)33-22)23-28-21-16(26-14-12-31-13-14)3-2-4-17(21)32-23/h2-4,14,24-26H,5-13H2,1H3,(H,27,29). The molecule has 1 amide bonds. The number of aromatic nitrogens is 1. The molecular formula is C23H29N5O3S2. The van der Waals surface area contributed by atoms with Crippen molar-refractivity contribution in [2.24, 2.45) is 0 Å². The van der Waals surface area contributed by atoms with Crippen LogP contribution in [-0.2, 0) is 27.2 Å². The molecule has 8 nitrogen and oxygen atoms in total. The zero-order valence-corrected chi connectivity index (χ0v) is 20.3. The molecule has 176 valence electrons. The van der Waals surface area contributed by atoms with Crippen molar-refractivity contribution in [2.75, 3.05) is 57.2 Å². The SMILES string of the molecule is COCCNCCC(=O)Nc1sc2c(c1-c1nc3c(NC4COC4)cccc3s1)CCNC2. The Morgan fingerprint density at radius 1 is 1.30 bits per heavy atom. The molecular weight excluding hydrogens is 458 g/mol. The lowest BCUT2D eigenvalue weighted by Gasteiger charge is -2.27. The van der Waals surface area contributed by atoms with Crippen LogP contribution in [0.1, 0.15) is 16.9 Å². The van der Waals surface area contributed by atoms with Gasteiger partial charge in [-0.25, -0.2) is 4.98 Å². The highest BCUT2D eigenvalue weighted by molar-refractivity contribution is 7.23. The number of thiazole rings is 1. The molecule has 4 heterocycles. The third-order valence-corrected chi connectivity index (χ3v) is 8.01. The van der Waals surface area contributed by atoms with Crippen LogP contribution in [0, 0.1) is 0 Å². The number of rotatable bonds is 10. The number of ether oxygens (including phenoxy) is 2. The number of hydrogen-bond donors (Lipinski definition) is 4. The first-order chi connectivity index (χ1) is 16.2. The summed E-state index contributed by atoms with van der Waals surface area (Å²) < 4.78 is 11.5. The Morgan fingerprint density at radius 3 is 3.03 bits per heavy atom. The van der Waals surface area contributed by atoms with E-state index in [0.717, 1.165) is 70.7 Å². The minimum Gasteiger partial charge on any atom is -0.383 e. The lowest BCUT2D eigenvalue weighted by atomic mass is 10.0. The van der Waals surface area contributed by atoms with Gasteiger partial charge in [0.25, 0.3) is 0 Å². The number of thiophene rings is 1. The minimum absolute atomic E-state index is 0.0150. The molecule has 0 bridgehead atoms. The Labute approximate surface area is 201 Å². The number of hydrogen-bond acceptors (Lipinski definition) is 9. The van der Waals surface area contributed by atoms with Crippen LogP contribution in [0.3, 0.4) is 0 Å². The second-order valence-corrected chi connectivity index (χ2v) is 10.4. The summed E-state index contributed by atoms with van der Waals surface area (Å²) in [6, 6.07) is 6.60. The number of nitrogens with zero attached hydrogens (tertiary/aromatic N) is 1. The summed E-state index contributed by atoms with van der Waals surface area (Å²) in [6.45, 7) is 5.23. The molecule has 2 aliphatic rings. The van der Waals surface area contributed by atoms with Gasteiger partial charge in [-0.3, -0.25) is 4.79 Å². The molecule has 2 aromatic heterocycles. The van der Waals surface area contributed by atoms with E-state index in [2.05, 4.69) is 39.5 Å². The maximum absolute atomic E-state index is 12.7. The Morgan fingerprint density at radius 2 is 2.21 bits per heavy atom. The summed E-state index contributed by atoms with van der Waals surface area (Å²) in [4.78, 5) is 19.0. The zero-order valence-electron chi connectivity index (χ0n) is 18.7. The van der Waals surface area contributed by atoms with Gasteiger partial charge in [-0.05, 0) is 30.7 Å². The minimum atomic E-state index is 0.0150. The van der Waals surface area contributed by atoms with Crippen LogP contribution >= 0.6 is 22.7 Å². The Bertz CT molecular complexity index is 1120. The Balaban J connectivity index is 1.41. The fourth-order valence-corrected chi connectivity index (χ4v) is 6.42. The van der Waals surface area contributed by atoms with E-state index in [-0.39, 0.29) is 5.91 Å². The van der Waals surface area contributed by atoms with Crippen LogP contribution in [-0.4, -0.2) is 63.5 Å². The quantitative estimate of drug-likeness (QED) is 0.327. The van der Waals surface area contributed by atoms with E-state index >= 15 is 0 Å². The molecule has 2 aliphatic heterocycles. The number of carbonyl (C=O) groups is 1. The highest BCUT2D eigenvalue weighted by atomic mass is 32.1. The lowest BCUT2D eigenvalue weighted by Crippen LogP contribution is -2.40. The molecule has 4 N–H and O–H groups in total. The number of amides is 1. The molecule has 1 fully saturated rings. The molecule has 33 heavy (non-hydrogen) atoms. The number of para-hydroxylation sites is 1. The summed E-state index contributed by atoms with van der Waals surface area (Å²) in [5, 5.41) is 15.3. The van der Waals surface area contributed by atoms with E-state index < -0.39 is 0 Å². The molecule has 5 rings (SSSR count). The van der Waals surface area contributed by atoms with Gasteiger partial charge < -0.3 is 30.7 Å². The molecule has 1 saturated heterocycles. The van der Waals surface area contributed by atoms with Gasteiger partial charge in [0.2, 0.25) is 5.91 Å². The molecule has 0 aliphatic carbocycles. The van der Waals surface area contributed by atoms with Crippen molar-refractivity contribution >= 4 is 49.5 Å². The van der Waals surface area contributed by atoms with Crippen molar-refractivity contribution in [3.05, 3.63) is 28.6 Å². The molecule has 0 atom stereocenters. The number of fused-ring (bicyclic) bond motifs is 2. The van der Waals surface area contributed by atoms with E-state index in [4.69, 9.17) is 14.5 Å².